The molecule has 1 N–H and O–H groups in total. The van der Waals surface area contributed by atoms with E-state index in [0.717, 1.165) is 9.35 Å². The number of hydrogen-bond acceptors (Lipinski definition) is 4. The maximum absolute atomic E-state index is 11.3. The summed E-state index contributed by atoms with van der Waals surface area (Å²) in [6.45, 7) is 2.44. The van der Waals surface area contributed by atoms with Crippen LogP contribution in [0.25, 0.3) is 0 Å². The van der Waals surface area contributed by atoms with E-state index < -0.39 is 5.97 Å². The van der Waals surface area contributed by atoms with Gasteiger partial charge in [-0.1, -0.05) is 0 Å². The number of hydrogen-bond donors (Lipinski definition) is 1. The smallest absolute Gasteiger partial charge is 0.315 e. The quantitative estimate of drug-likeness (QED) is 0.669. The SMILES string of the molecule is CCOC(=O)CC(=O)NCc1cc(Br)cs1. The van der Waals surface area contributed by atoms with Crippen molar-refractivity contribution in [2.24, 2.45) is 0 Å². The maximum atomic E-state index is 11.3. The van der Waals surface area contributed by atoms with E-state index in [1.165, 1.54) is 0 Å². The van der Waals surface area contributed by atoms with Crippen LogP contribution in [0.5, 0.6) is 0 Å². The van der Waals surface area contributed by atoms with Gasteiger partial charge in [0.05, 0.1) is 13.2 Å². The first kappa shape index (κ1) is 13.2. The van der Waals surface area contributed by atoms with Crippen molar-refractivity contribution in [3.8, 4) is 0 Å². The third kappa shape index (κ3) is 4.76. The third-order valence-corrected chi connectivity index (χ3v) is 3.39. The summed E-state index contributed by atoms with van der Waals surface area (Å²) in [6, 6.07) is 1.93. The van der Waals surface area contributed by atoms with Crippen LogP contribution in [0.1, 0.15) is 18.2 Å². The summed E-state index contributed by atoms with van der Waals surface area (Å²) in [5, 5.41) is 4.59. The number of carbonyl (C=O) groups is 2. The largest absolute Gasteiger partial charge is 0.466 e. The van der Waals surface area contributed by atoms with Crippen molar-refractivity contribution >= 4 is 39.1 Å². The van der Waals surface area contributed by atoms with E-state index in [4.69, 9.17) is 0 Å². The lowest BCUT2D eigenvalue weighted by atomic mass is 10.4. The van der Waals surface area contributed by atoms with Gasteiger partial charge in [-0.15, -0.1) is 11.3 Å². The van der Waals surface area contributed by atoms with Gasteiger partial charge in [0.15, 0.2) is 0 Å². The van der Waals surface area contributed by atoms with E-state index in [1.54, 1.807) is 18.3 Å². The molecular formula is C10H12BrNO3S. The van der Waals surface area contributed by atoms with Crippen LogP contribution >= 0.6 is 27.3 Å². The Bertz CT molecular complexity index is 378. The number of rotatable bonds is 5. The van der Waals surface area contributed by atoms with Crippen LogP contribution < -0.4 is 5.32 Å². The lowest BCUT2D eigenvalue weighted by Crippen LogP contribution is -2.25. The predicted octanol–water partition coefficient (Wildman–Crippen LogP) is 2.08. The highest BCUT2D eigenvalue weighted by Crippen LogP contribution is 2.19. The van der Waals surface area contributed by atoms with E-state index in [2.05, 4.69) is 26.0 Å². The first-order chi connectivity index (χ1) is 7.61. The molecule has 1 aromatic heterocycles. The second-order valence-corrected chi connectivity index (χ2v) is 4.90. The number of carbonyl (C=O) groups excluding carboxylic acids is 2. The second kappa shape index (κ2) is 6.65. The molecule has 0 saturated carbocycles. The number of halogens is 1. The van der Waals surface area contributed by atoms with Gasteiger partial charge in [0, 0.05) is 14.7 Å². The molecule has 0 aromatic carbocycles. The Morgan fingerprint density at radius 2 is 2.31 bits per heavy atom. The average Bonchev–Trinajstić information content (AvgIpc) is 2.61. The van der Waals surface area contributed by atoms with Crippen LogP contribution in [0.3, 0.4) is 0 Å². The molecule has 0 radical (unpaired) electrons. The van der Waals surface area contributed by atoms with E-state index in [1.807, 2.05) is 11.4 Å². The number of amides is 1. The van der Waals surface area contributed by atoms with Gasteiger partial charge in [-0.2, -0.15) is 0 Å². The lowest BCUT2D eigenvalue weighted by Gasteiger charge is -2.03. The van der Waals surface area contributed by atoms with Crippen LogP contribution in [-0.4, -0.2) is 18.5 Å². The highest BCUT2D eigenvalue weighted by Gasteiger charge is 2.09. The van der Waals surface area contributed by atoms with Gasteiger partial charge >= 0.3 is 5.97 Å². The zero-order chi connectivity index (χ0) is 12.0. The third-order valence-electron chi connectivity index (χ3n) is 1.69. The Balaban J connectivity index is 2.27. The van der Waals surface area contributed by atoms with Gasteiger partial charge in [-0.25, -0.2) is 0 Å². The van der Waals surface area contributed by atoms with Crippen molar-refractivity contribution in [1.82, 2.24) is 5.32 Å². The van der Waals surface area contributed by atoms with E-state index in [9.17, 15) is 9.59 Å². The molecule has 0 bridgehead atoms. The molecule has 0 atom stereocenters. The molecule has 0 fully saturated rings. The number of ether oxygens (including phenoxy) is 1. The summed E-state index contributed by atoms with van der Waals surface area (Å²) < 4.78 is 5.66. The van der Waals surface area contributed by atoms with Gasteiger partial charge in [-0.05, 0) is 28.9 Å². The normalized spacial score (nSPS) is 9.88. The van der Waals surface area contributed by atoms with Crippen LogP contribution in [0, 0.1) is 0 Å². The number of thiophene rings is 1. The molecule has 1 aromatic rings. The Labute approximate surface area is 106 Å². The molecule has 88 valence electrons. The molecular weight excluding hydrogens is 294 g/mol. The van der Waals surface area contributed by atoms with Crippen LogP contribution in [0.4, 0.5) is 0 Å². The standard InChI is InChI=1S/C10H12BrNO3S/c1-2-15-10(14)4-9(13)12-5-8-3-7(11)6-16-8/h3,6H,2,4-5H2,1H3,(H,12,13). The van der Waals surface area contributed by atoms with Crippen molar-refractivity contribution in [3.05, 3.63) is 20.8 Å². The predicted molar refractivity (Wildman–Crippen MR) is 65.1 cm³/mol. The Morgan fingerprint density at radius 1 is 1.56 bits per heavy atom. The summed E-state index contributed by atoms with van der Waals surface area (Å²) in [4.78, 5) is 23.3. The van der Waals surface area contributed by atoms with Gasteiger partial charge in [-0.3, -0.25) is 9.59 Å². The zero-order valence-electron chi connectivity index (χ0n) is 8.79. The van der Waals surface area contributed by atoms with Crippen molar-refractivity contribution in [2.45, 2.75) is 19.9 Å². The molecule has 0 aliphatic carbocycles. The molecule has 16 heavy (non-hydrogen) atoms. The lowest BCUT2D eigenvalue weighted by molar-refractivity contribution is -0.145. The molecule has 1 heterocycles. The average molecular weight is 306 g/mol. The fourth-order valence-electron chi connectivity index (χ4n) is 1.04. The Kier molecular flexibility index (Phi) is 5.48. The molecule has 1 amide bonds. The highest BCUT2D eigenvalue weighted by molar-refractivity contribution is 9.10. The van der Waals surface area contributed by atoms with Crippen LogP contribution in [0.2, 0.25) is 0 Å². The van der Waals surface area contributed by atoms with Gasteiger partial charge in [0.25, 0.3) is 0 Å². The molecule has 0 saturated heterocycles. The van der Waals surface area contributed by atoms with Gasteiger partial charge in [0.1, 0.15) is 6.42 Å². The van der Waals surface area contributed by atoms with Crippen molar-refractivity contribution in [1.29, 1.82) is 0 Å². The number of nitrogens with one attached hydrogen (secondary N) is 1. The molecule has 0 unspecified atom stereocenters. The first-order valence-electron chi connectivity index (χ1n) is 4.77. The molecule has 4 nitrogen and oxygen atoms in total. The minimum absolute atomic E-state index is 0.222. The fraction of sp³-hybridized carbons (Fsp3) is 0.400. The summed E-state index contributed by atoms with van der Waals surface area (Å²) >= 11 is 4.87. The monoisotopic (exact) mass is 305 g/mol. The molecule has 6 heteroatoms. The summed E-state index contributed by atoms with van der Waals surface area (Å²) in [5.74, 6) is -0.810. The van der Waals surface area contributed by atoms with E-state index >= 15 is 0 Å². The molecule has 0 aliphatic rings. The Hall–Kier alpha value is -0.880. The fourth-order valence-corrected chi connectivity index (χ4v) is 2.43. The zero-order valence-corrected chi connectivity index (χ0v) is 11.2. The minimum atomic E-state index is -0.493. The van der Waals surface area contributed by atoms with Crippen molar-refractivity contribution in [2.75, 3.05) is 6.61 Å². The summed E-state index contributed by atoms with van der Waals surface area (Å²) in [7, 11) is 0. The van der Waals surface area contributed by atoms with E-state index in [0.29, 0.717) is 13.2 Å². The van der Waals surface area contributed by atoms with Crippen LogP contribution in [0.15, 0.2) is 15.9 Å². The second-order valence-electron chi connectivity index (χ2n) is 2.99. The summed E-state index contributed by atoms with van der Waals surface area (Å²) in [6.07, 6.45) is -0.222. The van der Waals surface area contributed by atoms with Crippen molar-refractivity contribution < 1.29 is 14.3 Å². The topological polar surface area (TPSA) is 55.4 Å². The summed E-state index contributed by atoms with van der Waals surface area (Å²) in [5.41, 5.74) is 0. The molecule has 0 aliphatic heterocycles. The van der Waals surface area contributed by atoms with Crippen LogP contribution in [-0.2, 0) is 20.9 Å². The molecule has 0 spiro atoms. The Morgan fingerprint density at radius 3 is 2.88 bits per heavy atom. The van der Waals surface area contributed by atoms with Crippen molar-refractivity contribution in [3.63, 3.8) is 0 Å². The van der Waals surface area contributed by atoms with Gasteiger partial charge in [0.2, 0.25) is 5.91 Å². The minimum Gasteiger partial charge on any atom is -0.466 e. The molecule has 1 rings (SSSR count). The first-order valence-corrected chi connectivity index (χ1v) is 6.44. The maximum Gasteiger partial charge on any atom is 0.315 e. The van der Waals surface area contributed by atoms with Gasteiger partial charge < -0.3 is 10.1 Å². The number of esters is 1. The highest BCUT2D eigenvalue weighted by atomic mass is 79.9. The van der Waals surface area contributed by atoms with E-state index in [-0.39, 0.29) is 12.3 Å².